The van der Waals surface area contributed by atoms with Crippen LogP contribution in [0.5, 0.6) is 5.75 Å². The first-order valence-corrected chi connectivity index (χ1v) is 10.4. The van der Waals surface area contributed by atoms with Crippen molar-refractivity contribution in [2.24, 2.45) is 5.92 Å². The molecular formula is C23H22F3N3O3. The Balaban J connectivity index is 1.40. The van der Waals surface area contributed by atoms with Crippen molar-refractivity contribution in [3.05, 3.63) is 54.5 Å². The van der Waals surface area contributed by atoms with Crippen molar-refractivity contribution in [1.29, 1.82) is 0 Å². The first-order chi connectivity index (χ1) is 15.3. The molecule has 1 aliphatic rings. The van der Waals surface area contributed by atoms with E-state index in [-0.39, 0.29) is 24.3 Å². The van der Waals surface area contributed by atoms with E-state index < -0.39 is 17.8 Å². The lowest BCUT2D eigenvalue weighted by molar-refractivity contribution is -0.141. The molecule has 0 radical (unpaired) electrons. The van der Waals surface area contributed by atoms with Crippen molar-refractivity contribution in [3.8, 4) is 28.4 Å². The molecule has 168 valence electrons. The van der Waals surface area contributed by atoms with Crippen LogP contribution in [0.15, 0.2) is 48.8 Å². The van der Waals surface area contributed by atoms with Crippen LogP contribution < -0.4 is 4.74 Å². The molecule has 0 saturated heterocycles. The molecule has 4 rings (SSSR count). The Hall–Kier alpha value is -3.36. The second-order valence-electron chi connectivity index (χ2n) is 7.96. The minimum absolute atomic E-state index is 0.00578. The van der Waals surface area contributed by atoms with E-state index in [1.165, 1.54) is 6.20 Å². The van der Waals surface area contributed by atoms with E-state index >= 15 is 0 Å². The number of carbonyl (C=O) groups is 1. The summed E-state index contributed by atoms with van der Waals surface area (Å²) in [7, 11) is 0. The molecule has 9 heteroatoms. The normalized spacial score (nSPS) is 19.0. The van der Waals surface area contributed by atoms with Gasteiger partial charge in [-0.15, -0.1) is 0 Å². The van der Waals surface area contributed by atoms with Gasteiger partial charge in [-0.1, -0.05) is 0 Å². The zero-order valence-electron chi connectivity index (χ0n) is 17.1. The molecule has 0 bridgehead atoms. The van der Waals surface area contributed by atoms with Crippen LogP contribution in [0.1, 0.15) is 37.8 Å². The number of hydrogen-bond donors (Lipinski definition) is 2. The van der Waals surface area contributed by atoms with Crippen LogP contribution in [0, 0.1) is 5.92 Å². The molecule has 0 spiro atoms. The lowest BCUT2D eigenvalue weighted by Crippen LogP contribution is -2.26. The number of benzene rings is 1. The predicted molar refractivity (Wildman–Crippen MR) is 111 cm³/mol. The second kappa shape index (κ2) is 9.02. The summed E-state index contributed by atoms with van der Waals surface area (Å²) in [6.45, 7) is 0. The predicted octanol–water partition coefficient (Wildman–Crippen LogP) is 5.57. The van der Waals surface area contributed by atoms with Crippen molar-refractivity contribution in [2.75, 3.05) is 0 Å². The molecule has 2 atom stereocenters. The highest BCUT2D eigenvalue weighted by molar-refractivity contribution is 5.67. The molecular weight excluding hydrogens is 423 g/mol. The summed E-state index contributed by atoms with van der Waals surface area (Å²) in [6, 6.07) is 10.8. The number of alkyl halides is 3. The van der Waals surface area contributed by atoms with Gasteiger partial charge in [0.15, 0.2) is 5.69 Å². The highest BCUT2D eigenvalue weighted by Crippen LogP contribution is 2.32. The summed E-state index contributed by atoms with van der Waals surface area (Å²) in [5.74, 6) is 0.191. The Morgan fingerprint density at radius 1 is 1.12 bits per heavy atom. The van der Waals surface area contributed by atoms with E-state index in [9.17, 15) is 18.0 Å². The Kier molecular flexibility index (Phi) is 6.16. The number of nitrogens with one attached hydrogen (secondary N) is 1. The summed E-state index contributed by atoms with van der Waals surface area (Å²) < 4.78 is 44.2. The lowest BCUT2D eigenvalue weighted by Gasteiger charge is -2.28. The number of halogens is 3. The second-order valence-corrected chi connectivity index (χ2v) is 7.96. The third-order valence-electron chi connectivity index (χ3n) is 5.56. The molecule has 0 amide bonds. The highest BCUT2D eigenvalue weighted by atomic mass is 19.4. The van der Waals surface area contributed by atoms with E-state index in [0.717, 1.165) is 37.4 Å². The van der Waals surface area contributed by atoms with Crippen LogP contribution in [0.2, 0.25) is 0 Å². The van der Waals surface area contributed by atoms with Gasteiger partial charge in [-0.05, 0) is 68.0 Å². The van der Waals surface area contributed by atoms with Gasteiger partial charge in [0, 0.05) is 29.9 Å². The number of carboxylic acids is 1. The number of aromatic amines is 1. The van der Waals surface area contributed by atoms with Gasteiger partial charge < -0.3 is 14.8 Å². The molecule has 1 aliphatic carbocycles. The zero-order valence-corrected chi connectivity index (χ0v) is 17.1. The number of pyridine rings is 1. The minimum Gasteiger partial charge on any atom is -0.490 e. The van der Waals surface area contributed by atoms with Crippen molar-refractivity contribution >= 4 is 5.97 Å². The van der Waals surface area contributed by atoms with Crippen LogP contribution in [0.3, 0.4) is 0 Å². The number of aliphatic carboxylic acids is 1. The first kappa shape index (κ1) is 21.9. The van der Waals surface area contributed by atoms with Gasteiger partial charge in [-0.25, -0.2) is 4.98 Å². The number of ether oxygens (including phenoxy) is 1. The van der Waals surface area contributed by atoms with E-state index in [2.05, 4.69) is 15.0 Å². The number of nitrogens with zero attached hydrogens (tertiary/aromatic N) is 2. The summed E-state index contributed by atoms with van der Waals surface area (Å²) in [5, 5.41) is 9.00. The average Bonchev–Trinajstić information content (AvgIpc) is 3.25. The molecule has 1 fully saturated rings. The molecule has 2 N–H and O–H groups in total. The molecule has 2 aromatic heterocycles. The Bertz CT molecular complexity index is 1060. The largest absolute Gasteiger partial charge is 0.490 e. The monoisotopic (exact) mass is 445 g/mol. The summed E-state index contributed by atoms with van der Waals surface area (Å²) in [4.78, 5) is 21.4. The van der Waals surface area contributed by atoms with Gasteiger partial charge in [0.25, 0.3) is 0 Å². The molecule has 6 nitrogen and oxygen atoms in total. The lowest BCUT2D eigenvalue weighted by atomic mass is 9.85. The van der Waals surface area contributed by atoms with Crippen LogP contribution >= 0.6 is 0 Å². The van der Waals surface area contributed by atoms with Crippen LogP contribution in [0.4, 0.5) is 13.2 Å². The maximum Gasteiger partial charge on any atom is 0.434 e. The fraction of sp³-hybridized carbons (Fsp3) is 0.348. The first-order valence-electron chi connectivity index (χ1n) is 10.4. The number of carboxylic acid groups (broad SMARTS) is 1. The standard InChI is InChI=1S/C23H22F3N3O3/c24-23(25,26)20-13-28-22(29-20)16-6-9-19(27-12-16)15-4-7-17(8-5-15)32-18-3-1-2-14(10-18)11-21(30)31/h4-9,12-14,18H,1-3,10-11H2,(H,28,29)(H,30,31)/t14-,18?/m0/s1. The third-order valence-corrected chi connectivity index (χ3v) is 5.56. The fourth-order valence-electron chi connectivity index (χ4n) is 4.00. The summed E-state index contributed by atoms with van der Waals surface area (Å²) >= 11 is 0. The molecule has 32 heavy (non-hydrogen) atoms. The SMILES string of the molecule is O=C(O)C[C@H]1CCCC(Oc2ccc(-c3ccc(-c4nc(C(F)(F)F)c[nH]4)cn3)cc2)C1. The van der Waals surface area contributed by atoms with Gasteiger partial charge in [0.1, 0.15) is 11.6 Å². The smallest absolute Gasteiger partial charge is 0.434 e. The Morgan fingerprint density at radius 3 is 2.50 bits per heavy atom. The molecule has 2 heterocycles. The van der Waals surface area contributed by atoms with Crippen molar-refractivity contribution < 1.29 is 27.8 Å². The Morgan fingerprint density at radius 2 is 1.88 bits per heavy atom. The summed E-state index contributed by atoms with van der Waals surface area (Å²) in [6.07, 6.45) is 1.51. The number of hydrogen-bond acceptors (Lipinski definition) is 4. The molecule has 0 aliphatic heterocycles. The van der Waals surface area contributed by atoms with Gasteiger partial charge in [-0.2, -0.15) is 13.2 Å². The van der Waals surface area contributed by atoms with E-state index in [4.69, 9.17) is 9.84 Å². The van der Waals surface area contributed by atoms with Gasteiger partial charge in [-0.3, -0.25) is 9.78 Å². The zero-order chi connectivity index (χ0) is 22.7. The number of rotatable bonds is 6. The van der Waals surface area contributed by atoms with Crippen LogP contribution in [-0.2, 0) is 11.0 Å². The van der Waals surface area contributed by atoms with Crippen molar-refractivity contribution in [3.63, 3.8) is 0 Å². The van der Waals surface area contributed by atoms with Gasteiger partial charge in [0.2, 0.25) is 0 Å². The van der Waals surface area contributed by atoms with E-state index in [1.54, 1.807) is 12.1 Å². The van der Waals surface area contributed by atoms with Crippen LogP contribution in [-0.4, -0.2) is 32.1 Å². The maximum absolute atomic E-state index is 12.7. The number of H-pyrrole nitrogens is 1. The fourth-order valence-corrected chi connectivity index (χ4v) is 4.00. The third kappa shape index (κ3) is 5.27. The highest BCUT2D eigenvalue weighted by Gasteiger charge is 2.33. The van der Waals surface area contributed by atoms with E-state index in [0.29, 0.717) is 17.0 Å². The topological polar surface area (TPSA) is 88.1 Å². The molecule has 1 saturated carbocycles. The van der Waals surface area contributed by atoms with E-state index in [1.807, 2.05) is 24.3 Å². The number of imidazole rings is 1. The van der Waals surface area contributed by atoms with Gasteiger partial charge >= 0.3 is 12.1 Å². The maximum atomic E-state index is 12.7. The Labute approximate surface area is 182 Å². The molecule has 1 unspecified atom stereocenters. The summed E-state index contributed by atoms with van der Waals surface area (Å²) in [5.41, 5.74) is 0.991. The van der Waals surface area contributed by atoms with Crippen molar-refractivity contribution in [2.45, 2.75) is 44.4 Å². The van der Waals surface area contributed by atoms with Crippen molar-refractivity contribution in [1.82, 2.24) is 15.0 Å². The molecule has 3 aromatic rings. The van der Waals surface area contributed by atoms with Crippen LogP contribution in [0.25, 0.3) is 22.6 Å². The minimum atomic E-state index is -4.50. The molecule has 1 aromatic carbocycles. The van der Waals surface area contributed by atoms with Gasteiger partial charge in [0.05, 0.1) is 11.8 Å². The quantitative estimate of drug-likeness (QED) is 0.518. The average molecular weight is 445 g/mol. The number of aromatic nitrogens is 3.